The number of carbonyl (C=O) groups excluding carboxylic acids is 2. The second kappa shape index (κ2) is 13.9. The van der Waals surface area contributed by atoms with Crippen LogP contribution in [0.4, 0.5) is 0 Å². The highest BCUT2D eigenvalue weighted by Crippen LogP contribution is 2.40. The number of hydrogen-bond acceptors (Lipinski definition) is 5. The average Bonchev–Trinajstić information content (AvgIpc) is 3.27. The molecule has 0 saturated carbocycles. The molecule has 1 unspecified atom stereocenters. The number of amides is 2. The predicted molar refractivity (Wildman–Crippen MR) is 144 cm³/mol. The summed E-state index contributed by atoms with van der Waals surface area (Å²) in [5.41, 5.74) is 1.79. The highest BCUT2D eigenvalue weighted by Gasteiger charge is 2.26. The van der Waals surface area contributed by atoms with Gasteiger partial charge in [-0.3, -0.25) is 14.3 Å². The van der Waals surface area contributed by atoms with E-state index in [1.807, 2.05) is 22.9 Å². The Hall–Kier alpha value is -3.03. The SMILES string of the molecule is CCCCNC(=O)C[C@@H](CC(C)C)NC(=O)c1cc(-c2c(OC)cccc2OC)n(C(C)C(C)C)n1. The number of rotatable bonds is 14. The van der Waals surface area contributed by atoms with E-state index in [0.29, 0.717) is 36.1 Å². The number of ether oxygens (including phenoxy) is 2. The van der Waals surface area contributed by atoms with Crippen LogP contribution in [-0.2, 0) is 4.79 Å². The molecule has 0 aliphatic carbocycles. The summed E-state index contributed by atoms with van der Waals surface area (Å²) >= 11 is 0. The number of methoxy groups -OCH3 is 2. The standard InChI is InChI=1S/C28H44N4O4/c1-9-10-14-29-26(33)16-21(15-18(2)3)30-28(34)22-17-23(32(31-22)20(6)19(4)5)27-24(35-7)12-11-13-25(27)36-8/h11-13,17-21H,9-10,14-16H2,1-8H3,(H,29,33)(H,30,34)/t20?,21-/m1/s1. The van der Waals surface area contributed by atoms with Crippen molar-refractivity contribution in [1.82, 2.24) is 20.4 Å². The topological polar surface area (TPSA) is 94.5 Å². The van der Waals surface area contributed by atoms with E-state index in [4.69, 9.17) is 14.6 Å². The van der Waals surface area contributed by atoms with Crippen LogP contribution < -0.4 is 20.1 Å². The summed E-state index contributed by atoms with van der Waals surface area (Å²) in [5.74, 6) is 1.53. The first-order valence-corrected chi connectivity index (χ1v) is 13.0. The molecule has 36 heavy (non-hydrogen) atoms. The molecule has 0 aliphatic heterocycles. The Bertz CT molecular complexity index is 977. The van der Waals surface area contributed by atoms with Crippen molar-refractivity contribution >= 4 is 11.8 Å². The van der Waals surface area contributed by atoms with Gasteiger partial charge in [0.15, 0.2) is 5.69 Å². The van der Waals surface area contributed by atoms with Crippen molar-refractivity contribution in [2.75, 3.05) is 20.8 Å². The van der Waals surface area contributed by atoms with Gasteiger partial charge in [-0.1, -0.05) is 47.1 Å². The van der Waals surface area contributed by atoms with Crippen LogP contribution >= 0.6 is 0 Å². The Morgan fingerprint density at radius 1 is 1.06 bits per heavy atom. The van der Waals surface area contributed by atoms with Crippen LogP contribution in [-0.4, -0.2) is 48.4 Å². The van der Waals surface area contributed by atoms with Gasteiger partial charge in [0, 0.05) is 19.0 Å². The minimum atomic E-state index is -0.299. The van der Waals surface area contributed by atoms with Crippen LogP contribution in [0.3, 0.4) is 0 Å². The summed E-state index contributed by atoms with van der Waals surface area (Å²) < 4.78 is 13.1. The van der Waals surface area contributed by atoms with E-state index in [0.717, 1.165) is 24.1 Å². The summed E-state index contributed by atoms with van der Waals surface area (Å²) in [6, 6.07) is 7.12. The van der Waals surface area contributed by atoms with Crippen molar-refractivity contribution in [2.24, 2.45) is 11.8 Å². The molecule has 2 aromatic rings. The Kier molecular flexibility index (Phi) is 11.3. The molecule has 200 valence electrons. The van der Waals surface area contributed by atoms with Crippen molar-refractivity contribution in [3.05, 3.63) is 30.0 Å². The molecule has 2 amide bonds. The number of carbonyl (C=O) groups is 2. The van der Waals surface area contributed by atoms with Gasteiger partial charge in [-0.2, -0.15) is 5.10 Å². The van der Waals surface area contributed by atoms with Crippen molar-refractivity contribution in [3.63, 3.8) is 0 Å². The first-order valence-electron chi connectivity index (χ1n) is 13.0. The third-order valence-corrected chi connectivity index (χ3v) is 6.38. The van der Waals surface area contributed by atoms with Crippen molar-refractivity contribution < 1.29 is 19.1 Å². The van der Waals surface area contributed by atoms with Gasteiger partial charge < -0.3 is 20.1 Å². The average molecular weight is 501 g/mol. The van der Waals surface area contributed by atoms with Crippen LogP contribution in [0.5, 0.6) is 11.5 Å². The van der Waals surface area contributed by atoms with Gasteiger partial charge in [0.2, 0.25) is 5.91 Å². The zero-order valence-electron chi connectivity index (χ0n) is 23.2. The molecule has 0 radical (unpaired) electrons. The Labute approximate surface area is 216 Å². The molecule has 1 heterocycles. The first kappa shape index (κ1) is 29.2. The third kappa shape index (κ3) is 7.73. The monoisotopic (exact) mass is 500 g/mol. The summed E-state index contributed by atoms with van der Waals surface area (Å²) in [7, 11) is 3.22. The van der Waals surface area contributed by atoms with Crippen LogP contribution in [0.1, 0.15) is 83.8 Å². The molecule has 0 bridgehead atoms. The second-order valence-electron chi connectivity index (χ2n) is 10.1. The number of benzene rings is 1. The maximum absolute atomic E-state index is 13.4. The number of nitrogens with zero attached hydrogens (tertiary/aromatic N) is 2. The quantitative estimate of drug-likeness (QED) is 0.346. The predicted octanol–water partition coefficient (Wildman–Crippen LogP) is 5.24. The van der Waals surface area contributed by atoms with Gasteiger partial charge in [0.1, 0.15) is 11.5 Å². The normalized spacial score (nSPS) is 12.9. The zero-order valence-corrected chi connectivity index (χ0v) is 23.2. The van der Waals surface area contributed by atoms with Crippen LogP contribution in [0.15, 0.2) is 24.3 Å². The van der Waals surface area contributed by atoms with Gasteiger partial charge in [0.25, 0.3) is 5.91 Å². The molecular formula is C28H44N4O4. The Morgan fingerprint density at radius 2 is 1.69 bits per heavy atom. The minimum absolute atomic E-state index is 0.0203. The lowest BCUT2D eigenvalue weighted by atomic mass is 10.0. The molecule has 0 fully saturated rings. The summed E-state index contributed by atoms with van der Waals surface area (Å²) in [4.78, 5) is 25.9. The maximum Gasteiger partial charge on any atom is 0.272 e. The third-order valence-electron chi connectivity index (χ3n) is 6.38. The Balaban J connectivity index is 2.41. The molecule has 2 atom stereocenters. The van der Waals surface area contributed by atoms with E-state index in [1.165, 1.54) is 0 Å². The largest absolute Gasteiger partial charge is 0.496 e. The summed E-state index contributed by atoms with van der Waals surface area (Å²) in [5, 5.41) is 10.7. The van der Waals surface area contributed by atoms with Gasteiger partial charge >= 0.3 is 0 Å². The van der Waals surface area contributed by atoms with Gasteiger partial charge in [-0.05, 0) is 49.8 Å². The van der Waals surface area contributed by atoms with Crippen LogP contribution in [0.2, 0.25) is 0 Å². The lowest BCUT2D eigenvalue weighted by Crippen LogP contribution is -2.40. The smallest absolute Gasteiger partial charge is 0.272 e. The van der Waals surface area contributed by atoms with E-state index < -0.39 is 0 Å². The lowest BCUT2D eigenvalue weighted by molar-refractivity contribution is -0.121. The zero-order chi connectivity index (χ0) is 26.8. The summed E-state index contributed by atoms with van der Waals surface area (Å²) in [6.07, 6.45) is 2.89. The fourth-order valence-electron chi connectivity index (χ4n) is 4.11. The molecule has 8 nitrogen and oxygen atoms in total. The molecule has 2 N–H and O–H groups in total. The molecule has 0 spiro atoms. The molecule has 1 aromatic carbocycles. The highest BCUT2D eigenvalue weighted by molar-refractivity contribution is 5.94. The second-order valence-corrected chi connectivity index (χ2v) is 10.1. The van der Waals surface area contributed by atoms with Gasteiger partial charge in [0.05, 0.1) is 31.5 Å². The number of nitrogens with one attached hydrogen (secondary N) is 2. The maximum atomic E-state index is 13.4. The van der Waals surface area contributed by atoms with E-state index >= 15 is 0 Å². The van der Waals surface area contributed by atoms with Crippen molar-refractivity contribution in [2.45, 2.75) is 79.3 Å². The van der Waals surface area contributed by atoms with Gasteiger partial charge in [-0.15, -0.1) is 0 Å². The number of aromatic nitrogens is 2. The number of unbranched alkanes of at least 4 members (excludes halogenated alkanes) is 1. The Morgan fingerprint density at radius 3 is 2.22 bits per heavy atom. The molecule has 2 rings (SSSR count). The molecular weight excluding hydrogens is 456 g/mol. The summed E-state index contributed by atoms with van der Waals surface area (Å²) in [6.45, 7) is 13.2. The first-order chi connectivity index (χ1) is 17.1. The van der Waals surface area contributed by atoms with E-state index in [2.05, 4.69) is 52.2 Å². The van der Waals surface area contributed by atoms with E-state index in [-0.39, 0.29) is 36.2 Å². The van der Waals surface area contributed by atoms with Crippen LogP contribution in [0.25, 0.3) is 11.3 Å². The molecule has 8 heteroatoms. The fraction of sp³-hybridized carbons (Fsp3) is 0.607. The number of hydrogen-bond donors (Lipinski definition) is 2. The fourth-order valence-corrected chi connectivity index (χ4v) is 4.11. The van der Waals surface area contributed by atoms with E-state index in [1.54, 1.807) is 20.3 Å². The lowest BCUT2D eigenvalue weighted by Gasteiger charge is -2.21. The van der Waals surface area contributed by atoms with E-state index in [9.17, 15) is 9.59 Å². The van der Waals surface area contributed by atoms with Crippen molar-refractivity contribution in [3.8, 4) is 22.8 Å². The molecule has 0 aliphatic rings. The minimum Gasteiger partial charge on any atom is -0.496 e. The van der Waals surface area contributed by atoms with Crippen LogP contribution in [0, 0.1) is 11.8 Å². The molecule has 0 saturated heterocycles. The highest BCUT2D eigenvalue weighted by atomic mass is 16.5. The molecule has 1 aromatic heterocycles. The van der Waals surface area contributed by atoms with Gasteiger partial charge in [-0.25, -0.2) is 0 Å². The van der Waals surface area contributed by atoms with Crippen molar-refractivity contribution in [1.29, 1.82) is 0 Å².